The molecule has 0 radical (unpaired) electrons. The fourth-order valence-electron chi connectivity index (χ4n) is 8.36. The SMILES string of the molecule is CCCCC(NC(=O)C(CC)C[C@@H]1SC[C@@H]2NC(=O)N[C@@H]21)Oc1ccc2c(c1)N(C)C(=O)[C@H](NC(=O)[C@H](C)NC(=O)Cc1cccc(C(=O)c3ccccc3)c1)[C@H](c1ccccc1)O2. The molecule has 0 saturated carbocycles. The minimum absolute atomic E-state index is 0.00810. The van der Waals surface area contributed by atoms with Gasteiger partial charge in [0.15, 0.2) is 18.1 Å². The molecule has 7 rings (SSSR count). The Morgan fingerprint density at radius 2 is 1.61 bits per heavy atom. The number of benzene rings is 4. The Morgan fingerprint density at radius 1 is 0.875 bits per heavy atom. The van der Waals surface area contributed by atoms with Crippen molar-refractivity contribution in [3.8, 4) is 11.5 Å². The molecule has 3 heterocycles. The molecule has 15 heteroatoms. The minimum atomic E-state index is -1.19. The van der Waals surface area contributed by atoms with Crippen LogP contribution in [0.3, 0.4) is 0 Å². The number of amides is 6. The van der Waals surface area contributed by atoms with Crippen molar-refractivity contribution in [3.05, 3.63) is 125 Å². The molecular formula is C49H56N6O8S. The van der Waals surface area contributed by atoms with Crippen LogP contribution in [0.2, 0.25) is 0 Å². The number of hydrogen-bond acceptors (Lipinski definition) is 9. The van der Waals surface area contributed by atoms with Gasteiger partial charge in [0.1, 0.15) is 23.6 Å². The number of anilines is 1. The van der Waals surface area contributed by atoms with Crippen LogP contribution in [-0.2, 0) is 25.6 Å². The first-order valence-corrected chi connectivity index (χ1v) is 23.0. The topological polar surface area (TPSA) is 184 Å². The van der Waals surface area contributed by atoms with Crippen molar-refractivity contribution in [3.63, 3.8) is 0 Å². The molecule has 3 aliphatic heterocycles. The molecule has 14 nitrogen and oxygen atoms in total. The Labute approximate surface area is 378 Å². The number of ketones is 1. The van der Waals surface area contributed by atoms with E-state index in [4.69, 9.17) is 9.47 Å². The summed E-state index contributed by atoms with van der Waals surface area (Å²) in [5.74, 6) is -0.451. The van der Waals surface area contributed by atoms with Crippen LogP contribution in [0.4, 0.5) is 10.5 Å². The molecule has 5 N–H and O–H groups in total. The van der Waals surface area contributed by atoms with Crippen molar-refractivity contribution in [1.29, 1.82) is 0 Å². The lowest BCUT2D eigenvalue weighted by Crippen LogP contribution is -2.55. The van der Waals surface area contributed by atoms with Gasteiger partial charge >= 0.3 is 6.03 Å². The zero-order chi connectivity index (χ0) is 45.3. The van der Waals surface area contributed by atoms with Crippen LogP contribution in [0, 0.1) is 5.92 Å². The van der Waals surface area contributed by atoms with Crippen LogP contribution in [0.15, 0.2) is 103 Å². The summed E-state index contributed by atoms with van der Waals surface area (Å²) < 4.78 is 13.0. The van der Waals surface area contributed by atoms with Gasteiger partial charge in [-0.3, -0.25) is 24.0 Å². The van der Waals surface area contributed by atoms with Gasteiger partial charge in [-0.25, -0.2) is 4.79 Å². The van der Waals surface area contributed by atoms with Crippen molar-refractivity contribution < 1.29 is 38.2 Å². The second-order valence-electron chi connectivity index (χ2n) is 16.5. The third-order valence-corrected chi connectivity index (χ3v) is 13.4. The summed E-state index contributed by atoms with van der Waals surface area (Å²) in [6, 6.07) is 27.6. The Balaban J connectivity index is 1.03. The predicted octanol–water partition coefficient (Wildman–Crippen LogP) is 5.84. The van der Waals surface area contributed by atoms with Crippen molar-refractivity contribution >= 4 is 52.9 Å². The van der Waals surface area contributed by atoms with Gasteiger partial charge in [0.25, 0.3) is 5.91 Å². The summed E-state index contributed by atoms with van der Waals surface area (Å²) in [5.41, 5.74) is 2.64. The molecule has 0 spiro atoms. The third-order valence-electron chi connectivity index (χ3n) is 12.0. The van der Waals surface area contributed by atoms with Gasteiger partial charge in [-0.1, -0.05) is 99.1 Å². The number of carbonyl (C=O) groups excluding carboxylic acids is 6. The lowest BCUT2D eigenvalue weighted by atomic mass is 9.94. The van der Waals surface area contributed by atoms with Crippen LogP contribution < -0.4 is 41.0 Å². The van der Waals surface area contributed by atoms with E-state index in [9.17, 15) is 28.8 Å². The highest BCUT2D eigenvalue weighted by Gasteiger charge is 2.44. The van der Waals surface area contributed by atoms with E-state index < -0.39 is 42.1 Å². The maximum atomic E-state index is 14.4. The highest BCUT2D eigenvalue weighted by atomic mass is 32.2. The van der Waals surface area contributed by atoms with E-state index in [-0.39, 0.29) is 47.4 Å². The van der Waals surface area contributed by atoms with Gasteiger partial charge in [-0.05, 0) is 55.5 Å². The average Bonchev–Trinajstić information content (AvgIpc) is 3.84. The summed E-state index contributed by atoms with van der Waals surface area (Å²) in [6.45, 7) is 5.59. The smallest absolute Gasteiger partial charge is 0.315 e. The van der Waals surface area contributed by atoms with Gasteiger partial charge in [0.2, 0.25) is 17.7 Å². The molecule has 0 bridgehead atoms. The number of nitrogens with zero attached hydrogens (tertiary/aromatic N) is 1. The van der Waals surface area contributed by atoms with Crippen LogP contribution in [0.1, 0.15) is 86.0 Å². The summed E-state index contributed by atoms with van der Waals surface area (Å²) in [4.78, 5) is 81.7. The van der Waals surface area contributed by atoms with Crippen LogP contribution in [-0.4, -0.2) is 83.9 Å². The first kappa shape index (κ1) is 45.7. The molecule has 64 heavy (non-hydrogen) atoms. The van der Waals surface area contributed by atoms with E-state index >= 15 is 0 Å². The molecule has 2 unspecified atom stereocenters. The first-order valence-electron chi connectivity index (χ1n) is 22.0. The van der Waals surface area contributed by atoms with Crippen LogP contribution >= 0.6 is 11.8 Å². The van der Waals surface area contributed by atoms with Crippen molar-refractivity contribution in [2.24, 2.45) is 5.92 Å². The van der Waals surface area contributed by atoms with Crippen LogP contribution in [0.25, 0.3) is 0 Å². The number of unbranched alkanes of at least 4 members (excludes halogenated alkanes) is 1. The highest BCUT2D eigenvalue weighted by molar-refractivity contribution is 8.00. The second kappa shape index (κ2) is 20.9. The maximum Gasteiger partial charge on any atom is 0.315 e. The van der Waals surface area contributed by atoms with E-state index in [2.05, 4.69) is 33.5 Å². The van der Waals surface area contributed by atoms with E-state index in [0.29, 0.717) is 58.7 Å². The van der Waals surface area contributed by atoms with E-state index in [1.54, 1.807) is 85.5 Å². The summed E-state index contributed by atoms with van der Waals surface area (Å²) >= 11 is 1.77. The minimum Gasteiger partial charge on any atom is -0.481 e. The highest BCUT2D eigenvalue weighted by Crippen LogP contribution is 2.40. The van der Waals surface area contributed by atoms with Gasteiger partial charge in [0, 0.05) is 47.6 Å². The van der Waals surface area contributed by atoms with E-state index in [0.717, 1.165) is 18.6 Å². The number of ether oxygens (including phenoxy) is 2. The van der Waals surface area contributed by atoms with Gasteiger partial charge < -0.3 is 41.0 Å². The number of likely N-dealkylation sites (N-methyl/N-ethyl adjacent to an activating group) is 1. The molecule has 6 amide bonds. The second-order valence-corrected chi connectivity index (χ2v) is 17.8. The summed E-state index contributed by atoms with van der Waals surface area (Å²) in [5, 5.41) is 14.8. The fraction of sp³-hybridized carbons (Fsp3) is 0.388. The normalized spacial score (nSPS) is 21.4. The number of thioether (sulfide) groups is 1. The molecule has 8 atom stereocenters. The molecule has 2 fully saturated rings. The molecule has 4 aromatic rings. The quantitative estimate of drug-likeness (QED) is 0.0466. The fourth-order valence-corrected chi connectivity index (χ4v) is 9.94. The molecular weight excluding hydrogens is 833 g/mol. The summed E-state index contributed by atoms with van der Waals surface area (Å²) in [7, 11) is 1.60. The Hall–Kier alpha value is -6.35. The van der Waals surface area contributed by atoms with Crippen molar-refractivity contribution in [2.75, 3.05) is 17.7 Å². The van der Waals surface area contributed by atoms with Crippen LogP contribution in [0.5, 0.6) is 11.5 Å². The number of rotatable bonds is 18. The zero-order valence-electron chi connectivity index (χ0n) is 36.5. The zero-order valence-corrected chi connectivity index (χ0v) is 37.3. The first-order chi connectivity index (χ1) is 30.9. The largest absolute Gasteiger partial charge is 0.481 e. The Morgan fingerprint density at radius 3 is 2.34 bits per heavy atom. The van der Waals surface area contributed by atoms with Gasteiger partial charge in [-0.2, -0.15) is 11.8 Å². The maximum absolute atomic E-state index is 14.4. The van der Waals surface area contributed by atoms with E-state index in [1.807, 2.05) is 43.3 Å². The molecule has 336 valence electrons. The van der Waals surface area contributed by atoms with Gasteiger partial charge in [-0.15, -0.1) is 0 Å². The molecule has 3 aliphatic rings. The number of carbonyl (C=O) groups is 6. The number of urea groups is 1. The third kappa shape index (κ3) is 10.9. The number of nitrogens with one attached hydrogen (secondary N) is 5. The monoisotopic (exact) mass is 888 g/mol. The number of hydrogen-bond donors (Lipinski definition) is 5. The van der Waals surface area contributed by atoms with Crippen molar-refractivity contribution in [1.82, 2.24) is 26.6 Å². The Bertz CT molecular complexity index is 2330. The lowest BCUT2D eigenvalue weighted by Gasteiger charge is -2.28. The summed E-state index contributed by atoms with van der Waals surface area (Å²) in [6.07, 6.45) is 1.84. The Kier molecular flexibility index (Phi) is 14.9. The average molecular weight is 889 g/mol. The standard InChI is InChI=1S/C49H56N6O8S/c1-5-7-21-41(52-47(59)31(6-2)26-39-42-36(28-64-39)51-49(61)54-42)62-35-22-23-38-37(27-35)55(4)48(60)43(45(63-38)33-18-12-9-13-19-33)53-46(58)29(3)50-40(56)25-30-15-14-20-34(24-30)44(57)32-16-10-8-11-17-32/h8-20,22-24,27,29,31,36,39,41-43,45H,5-7,21,25-26,28H2,1-4H3,(H,50,56)(H,52,59)(H,53,58)(H2,51,54,61)/t29-,31?,36-,39-,41?,42-,43+,45-/m0/s1. The van der Waals surface area contributed by atoms with Crippen molar-refractivity contribution in [2.45, 2.75) is 101 Å². The van der Waals surface area contributed by atoms with Gasteiger partial charge in [0.05, 0.1) is 24.2 Å². The molecule has 2 saturated heterocycles. The molecule has 0 aromatic heterocycles. The molecule has 0 aliphatic carbocycles. The number of fused-ring (bicyclic) bond motifs is 2. The predicted molar refractivity (Wildman–Crippen MR) is 245 cm³/mol. The lowest BCUT2D eigenvalue weighted by molar-refractivity contribution is -0.132. The van der Waals surface area contributed by atoms with E-state index in [1.165, 1.54) is 11.8 Å². The molecule has 4 aromatic carbocycles.